The van der Waals surface area contributed by atoms with Gasteiger partial charge in [-0.2, -0.15) is 0 Å². The molecule has 3 aromatic carbocycles. The number of carbonyl (C=O) groups is 2. The van der Waals surface area contributed by atoms with E-state index < -0.39 is 18.1 Å². The summed E-state index contributed by atoms with van der Waals surface area (Å²) in [5.74, 6) is -0.472. The Kier molecular flexibility index (Phi) is 4.82. The van der Waals surface area contributed by atoms with E-state index in [1.807, 2.05) is 36.4 Å². The van der Waals surface area contributed by atoms with Gasteiger partial charge in [0.2, 0.25) is 0 Å². The van der Waals surface area contributed by atoms with Crippen molar-refractivity contribution in [1.82, 2.24) is 5.32 Å². The van der Waals surface area contributed by atoms with E-state index in [2.05, 4.69) is 17.4 Å². The number of carboxylic acid groups (broad SMARTS) is 1. The molecule has 0 spiro atoms. The molecule has 1 aliphatic heterocycles. The fourth-order valence-electron chi connectivity index (χ4n) is 4.43. The van der Waals surface area contributed by atoms with Crippen LogP contribution in [-0.4, -0.2) is 30.4 Å². The molecule has 2 N–H and O–H groups in total. The number of hydrogen-bond acceptors (Lipinski definition) is 4. The molecule has 156 valence electrons. The first-order chi connectivity index (χ1) is 15.1. The van der Waals surface area contributed by atoms with E-state index in [9.17, 15) is 14.7 Å². The Hall–Kier alpha value is -3.80. The van der Waals surface area contributed by atoms with E-state index in [4.69, 9.17) is 9.47 Å². The zero-order valence-corrected chi connectivity index (χ0v) is 16.7. The van der Waals surface area contributed by atoms with E-state index >= 15 is 0 Å². The fraction of sp³-hybridized carbons (Fsp3) is 0.200. The van der Waals surface area contributed by atoms with Crippen LogP contribution in [0.2, 0.25) is 0 Å². The molecule has 1 atom stereocenters. The van der Waals surface area contributed by atoms with E-state index in [-0.39, 0.29) is 12.5 Å². The lowest BCUT2D eigenvalue weighted by atomic mass is 9.98. The standard InChI is InChI=1S/C25H21NO5/c27-24(28)23(16-9-10-22-15(13-16)11-12-30-22)26-25(29)31-14-21-19-7-3-1-5-17(19)18-6-2-4-8-20(18)21/h1-10,13,21,23H,11-12,14H2,(H,26,29)(H,27,28). The maximum atomic E-state index is 12.5. The monoisotopic (exact) mass is 415 g/mol. The van der Waals surface area contributed by atoms with E-state index in [1.165, 1.54) is 0 Å². The van der Waals surface area contributed by atoms with Gasteiger partial charge in [-0.25, -0.2) is 9.59 Å². The second-order valence-corrected chi connectivity index (χ2v) is 7.71. The molecule has 5 rings (SSSR count). The Morgan fingerprint density at radius 2 is 1.71 bits per heavy atom. The van der Waals surface area contributed by atoms with Gasteiger partial charge in [0.15, 0.2) is 6.04 Å². The summed E-state index contributed by atoms with van der Waals surface area (Å²) >= 11 is 0. The molecule has 0 saturated heterocycles. The molecule has 0 bridgehead atoms. The minimum absolute atomic E-state index is 0.0847. The number of fused-ring (bicyclic) bond motifs is 4. The maximum absolute atomic E-state index is 12.5. The van der Waals surface area contributed by atoms with Gasteiger partial charge in [-0.1, -0.05) is 54.6 Å². The van der Waals surface area contributed by atoms with Crippen molar-refractivity contribution in [2.24, 2.45) is 0 Å². The van der Waals surface area contributed by atoms with E-state index in [0.29, 0.717) is 12.2 Å². The van der Waals surface area contributed by atoms with Crippen LogP contribution in [0.25, 0.3) is 11.1 Å². The number of aliphatic carboxylic acids is 1. The van der Waals surface area contributed by atoms with E-state index in [0.717, 1.165) is 40.0 Å². The molecule has 6 heteroatoms. The number of carbonyl (C=O) groups excluding carboxylic acids is 1. The smallest absolute Gasteiger partial charge is 0.408 e. The van der Waals surface area contributed by atoms with Gasteiger partial charge in [-0.3, -0.25) is 0 Å². The van der Waals surface area contributed by atoms with Crippen LogP contribution < -0.4 is 10.1 Å². The second kappa shape index (κ2) is 7.80. The summed E-state index contributed by atoms with van der Waals surface area (Å²) in [4.78, 5) is 24.3. The summed E-state index contributed by atoms with van der Waals surface area (Å²) in [6.45, 7) is 0.709. The molecule has 31 heavy (non-hydrogen) atoms. The highest BCUT2D eigenvalue weighted by Crippen LogP contribution is 2.44. The molecule has 3 aromatic rings. The predicted molar refractivity (Wildman–Crippen MR) is 114 cm³/mol. The van der Waals surface area contributed by atoms with Gasteiger partial charge in [0.1, 0.15) is 12.4 Å². The third-order valence-electron chi connectivity index (χ3n) is 5.90. The molecule has 2 aliphatic rings. The van der Waals surface area contributed by atoms with Crippen LogP contribution in [0.15, 0.2) is 66.7 Å². The van der Waals surface area contributed by atoms with Crippen LogP contribution in [0.5, 0.6) is 5.75 Å². The third-order valence-corrected chi connectivity index (χ3v) is 5.90. The lowest BCUT2D eigenvalue weighted by Crippen LogP contribution is -2.34. The molecular weight excluding hydrogens is 394 g/mol. The molecule has 1 heterocycles. The Bertz CT molecular complexity index is 1130. The van der Waals surface area contributed by atoms with Crippen molar-refractivity contribution >= 4 is 12.1 Å². The van der Waals surface area contributed by atoms with Crippen LogP contribution in [0.4, 0.5) is 4.79 Å². The quantitative estimate of drug-likeness (QED) is 0.650. The first-order valence-electron chi connectivity index (χ1n) is 10.2. The molecular formula is C25H21NO5. The normalized spacial score (nSPS) is 14.7. The van der Waals surface area contributed by atoms with Crippen molar-refractivity contribution < 1.29 is 24.2 Å². The Morgan fingerprint density at radius 3 is 2.39 bits per heavy atom. The van der Waals surface area contributed by atoms with Crippen LogP contribution in [0.3, 0.4) is 0 Å². The van der Waals surface area contributed by atoms with Crippen LogP contribution in [0, 0.1) is 0 Å². The van der Waals surface area contributed by atoms with Gasteiger partial charge < -0.3 is 19.9 Å². The molecule has 0 radical (unpaired) electrons. The van der Waals surface area contributed by atoms with Crippen molar-refractivity contribution in [3.05, 3.63) is 89.0 Å². The van der Waals surface area contributed by atoms with Crippen LogP contribution >= 0.6 is 0 Å². The minimum atomic E-state index is -1.19. The predicted octanol–water partition coefficient (Wildman–Crippen LogP) is 4.29. The second-order valence-electron chi connectivity index (χ2n) is 7.71. The molecule has 0 fully saturated rings. The molecule has 6 nitrogen and oxygen atoms in total. The summed E-state index contributed by atoms with van der Waals surface area (Å²) in [7, 11) is 0. The van der Waals surface area contributed by atoms with Crippen LogP contribution in [0.1, 0.15) is 34.2 Å². The minimum Gasteiger partial charge on any atom is -0.493 e. The first-order valence-corrected chi connectivity index (χ1v) is 10.2. The number of carboxylic acids is 1. The van der Waals surface area contributed by atoms with Crippen molar-refractivity contribution in [1.29, 1.82) is 0 Å². The summed E-state index contributed by atoms with van der Waals surface area (Å²) in [6.07, 6.45) is -0.0356. The molecule has 1 unspecified atom stereocenters. The van der Waals surface area contributed by atoms with Crippen molar-refractivity contribution in [2.45, 2.75) is 18.4 Å². The number of rotatable bonds is 5. The van der Waals surface area contributed by atoms with Gasteiger partial charge in [-0.05, 0) is 45.5 Å². The number of benzene rings is 3. The first kappa shape index (κ1) is 19.2. The van der Waals surface area contributed by atoms with Crippen LogP contribution in [-0.2, 0) is 16.0 Å². The number of nitrogens with one attached hydrogen (secondary N) is 1. The molecule has 1 amide bonds. The fourth-order valence-corrected chi connectivity index (χ4v) is 4.43. The number of amides is 1. The summed E-state index contributed by atoms with van der Waals surface area (Å²) in [5, 5.41) is 12.2. The molecule has 1 aliphatic carbocycles. The van der Waals surface area contributed by atoms with Crippen molar-refractivity contribution in [2.75, 3.05) is 13.2 Å². The third kappa shape index (κ3) is 3.50. The summed E-state index contributed by atoms with van der Waals surface area (Å²) in [5.41, 5.74) is 5.91. The largest absolute Gasteiger partial charge is 0.493 e. The van der Waals surface area contributed by atoms with Gasteiger partial charge in [0, 0.05) is 12.3 Å². The van der Waals surface area contributed by atoms with E-state index in [1.54, 1.807) is 18.2 Å². The van der Waals surface area contributed by atoms with Gasteiger partial charge in [0.25, 0.3) is 0 Å². The van der Waals surface area contributed by atoms with Gasteiger partial charge >= 0.3 is 12.1 Å². The Labute approximate surface area is 179 Å². The highest BCUT2D eigenvalue weighted by Gasteiger charge is 2.30. The highest BCUT2D eigenvalue weighted by atomic mass is 16.5. The highest BCUT2D eigenvalue weighted by molar-refractivity contribution is 5.82. The van der Waals surface area contributed by atoms with Crippen molar-refractivity contribution in [3.8, 4) is 16.9 Å². The lowest BCUT2D eigenvalue weighted by Gasteiger charge is -2.18. The Balaban J connectivity index is 1.31. The number of hydrogen-bond donors (Lipinski definition) is 2. The molecule has 0 aromatic heterocycles. The SMILES string of the molecule is O=C(NC(C(=O)O)c1ccc2c(c1)CCO2)OCC1c2ccccc2-c2ccccc21. The topological polar surface area (TPSA) is 84.9 Å². The number of ether oxygens (including phenoxy) is 2. The zero-order valence-electron chi connectivity index (χ0n) is 16.7. The lowest BCUT2D eigenvalue weighted by molar-refractivity contribution is -0.139. The van der Waals surface area contributed by atoms with Gasteiger partial charge in [0.05, 0.1) is 6.61 Å². The van der Waals surface area contributed by atoms with Crippen molar-refractivity contribution in [3.63, 3.8) is 0 Å². The summed E-state index contributed by atoms with van der Waals surface area (Å²) < 4.78 is 11.0. The maximum Gasteiger partial charge on any atom is 0.408 e. The number of alkyl carbamates (subject to hydrolysis) is 1. The Morgan fingerprint density at radius 1 is 1.03 bits per heavy atom. The molecule has 0 saturated carbocycles. The zero-order chi connectivity index (χ0) is 21.4. The average Bonchev–Trinajstić information content (AvgIpc) is 3.38. The van der Waals surface area contributed by atoms with Gasteiger partial charge in [-0.15, -0.1) is 0 Å². The average molecular weight is 415 g/mol. The summed E-state index contributed by atoms with van der Waals surface area (Å²) in [6, 6.07) is 20.1.